The summed E-state index contributed by atoms with van der Waals surface area (Å²) in [5, 5.41) is 13.1. The van der Waals surface area contributed by atoms with E-state index in [4.69, 9.17) is 4.74 Å². The van der Waals surface area contributed by atoms with Gasteiger partial charge in [0.15, 0.2) is 12.5 Å². The molecule has 0 spiro atoms. The molecule has 1 amide bonds. The standard InChI is InChI=1S/C30H36F2N8O3S.C3H8/c1-33-25(19-44-18-21-14-34-39(15-21)20-43-27(41)17-38-12-6-3-7-13-38)30(42)35-24-16-40(22-8-4-2-5-9-22)37-29(24)28-23(31)10-11-26(32)36-28;1-3-2/h10-11,14-16,19,22H,1-9,12-13,17-18,20H2,(H,35,42);3H2,1-2H3/b25-19-;. The van der Waals surface area contributed by atoms with Gasteiger partial charge in [-0.05, 0) is 57.6 Å². The van der Waals surface area contributed by atoms with E-state index in [0.29, 0.717) is 5.75 Å². The number of nitrogens with zero attached hydrogens (tertiary/aromatic N) is 7. The van der Waals surface area contributed by atoms with Crippen LogP contribution in [0.5, 0.6) is 0 Å². The lowest BCUT2D eigenvalue weighted by Crippen LogP contribution is -2.35. The first-order valence-electron chi connectivity index (χ1n) is 16.2. The van der Waals surface area contributed by atoms with Crippen LogP contribution in [0.2, 0.25) is 0 Å². The number of anilines is 1. The Kier molecular flexibility index (Phi) is 14.1. The van der Waals surface area contributed by atoms with Gasteiger partial charge in [0.05, 0.1) is 24.5 Å². The van der Waals surface area contributed by atoms with Crippen molar-refractivity contribution in [3.63, 3.8) is 0 Å². The van der Waals surface area contributed by atoms with Crippen molar-refractivity contribution in [1.29, 1.82) is 0 Å². The number of aliphatic imine (C=N–C) groups is 1. The average molecular weight is 671 g/mol. The highest BCUT2D eigenvalue weighted by Crippen LogP contribution is 2.33. The van der Waals surface area contributed by atoms with Crippen LogP contribution in [0.3, 0.4) is 0 Å². The number of carbonyl (C=O) groups excluding carboxylic acids is 2. The Bertz CT molecular complexity index is 1510. The molecule has 2 aliphatic rings. The number of thioether (sulfide) groups is 1. The van der Waals surface area contributed by atoms with Crippen LogP contribution in [0.4, 0.5) is 14.5 Å². The molecule has 1 saturated heterocycles. The van der Waals surface area contributed by atoms with E-state index >= 15 is 0 Å². The van der Waals surface area contributed by atoms with Crippen LogP contribution in [0, 0.1) is 11.8 Å². The summed E-state index contributed by atoms with van der Waals surface area (Å²) in [6.07, 6.45) is 14.7. The Labute approximate surface area is 278 Å². The lowest BCUT2D eigenvalue weighted by Gasteiger charge is -2.25. The number of esters is 1. The first-order valence-corrected chi connectivity index (χ1v) is 17.3. The van der Waals surface area contributed by atoms with Crippen molar-refractivity contribution in [2.45, 2.75) is 90.2 Å². The minimum Gasteiger partial charge on any atom is -0.441 e. The lowest BCUT2D eigenvalue weighted by molar-refractivity contribution is -0.149. The van der Waals surface area contributed by atoms with E-state index in [1.807, 2.05) is 0 Å². The zero-order valence-corrected chi connectivity index (χ0v) is 28.0. The second-order valence-electron chi connectivity index (χ2n) is 11.6. The molecule has 3 aromatic heterocycles. The number of amides is 1. The van der Waals surface area contributed by atoms with E-state index in [2.05, 4.69) is 51.0 Å². The van der Waals surface area contributed by atoms with Gasteiger partial charge in [-0.3, -0.25) is 24.2 Å². The third kappa shape index (κ3) is 10.8. The maximum Gasteiger partial charge on any atom is 0.321 e. The van der Waals surface area contributed by atoms with Crippen molar-refractivity contribution in [3.8, 4) is 11.4 Å². The van der Waals surface area contributed by atoms with Crippen molar-refractivity contribution < 1.29 is 23.1 Å². The molecule has 2 fully saturated rings. The van der Waals surface area contributed by atoms with Crippen LogP contribution < -0.4 is 5.32 Å². The van der Waals surface area contributed by atoms with Gasteiger partial charge in [0.25, 0.3) is 5.91 Å². The highest BCUT2D eigenvalue weighted by molar-refractivity contribution is 8.01. The van der Waals surface area contributed by atoms with Gasteiger partial charge in [-0.25, -0.2) is 14.1 Å². The maximum absolute atomic E-state index is 14.7. The van der Waals surface area contributed by atoms with Crippen molar-refractivity contribution in [3.05, 3.63) is 59.2 Å². The quantitative estimate of drug-likeness (QED) is 0.0974. The van der Waals surface area contributed by atoms with Gasteiger partial charge in [-0.2, -0.15) is 14.6 Å². The highest BCUT2D eigenvalue weighted by atomic mass is 32.2. The summed E-state index contributed by atoms with van der Waals surface area (Å²) in [4.78, 5) is 35.0. The average Bonchev–Trinajstić information content (AvgIpc) is 3.71. The van der Waals surface area contributed by atoms with Gasteiger partial charge < -0.3 is 10.1 Å². The SMILES string of the molecule is C=N/C(=C\SCc1cnn(COC(=O)CN2CCCCC2)c1)C(=O)Nc1cn(C2CCCCC2)nc1-c1nc(F)ccc1F.CCC. The summed E-state index contributed by atoms with van der Waals surface area (Å²) in [7, 11) is 0. The van der Waals surface area contributed by atoms with Gasteiger partial charge in [0.1, 0.15) is 17.1 Å². The number of pyridine rings is 1. The maximum atomic E-state index is 14.7. The van der Waals surface area contributed by atoms with E-state index in [9.17, 15) is 18.4 Å². The molecule has 254 valence electrons. The number of rotatable bonds is 12. The number of hydrogen-bond acceptors (Lipinski definition) is 9. The predicted molar refractivity (Wildman–Crippen MR) is 180 cm³/mol. The molecule has 1 aliphatic carbocycles. The van der Waals surface area contributed by atoms with Crippen LogP contribution in [0.25, 0.3) is 11.4 Å². The summed E-state index contributed by atoms with van der Waals surface area (Å²) in [6, 6.07) is 2.01. The smallest absolute Gasteiger partial charge is 0.321 e. The number of aromatic nitrogens is 5. The molecule has 47 heavy (non-hydrogen) atoms. The van der Waals surface area contributed by atoms with E-state index < -0.39 is 17.7 Å². The topological polar surface area (TPSA) is 120 Å². The Hall–Kier alpha value is -3.91. The zero-order valence-electron chi connectivity index (χ0n) is 27.2. The molecular weight excluding hydrogens is 626 g/mol. The fourth-order valence-electron chi connectivity index (χ4n) is 5.38. The number of ether oxygens (including phenoxy) is 1. The zero-order chi connectivity index (χ0) is 33.6. The minimum atomic E-state index is -0.852. The normalized spacial score (nSPS) is 15.9. The van der Waals surface area contributed by atoms with Crippen molar-refractivity contribution in [2.24, 2.45) is 4.99 Å². The Morgan fingerprint density at radius 2 is 1.81 bits per heavy atom. The van der Waals surface area contributed by atoms with E-state index in [-0.39, 0.29) is 48.1 Å². The molecule has 1 saturated carbocycles. The fourth-order valence-corrected chi connectivity index (χ4v) is 6.14. The third-order valence-corrected chi connectivity index (χ3v) is 8.55. The molecule has 0 unspecified atom stereocenters. The van der Waals surface area contributed by atoms with Crippen molar-refractivity contribution >= 4 is 36.0 Å². The molecule has 5 rings (SSSR count). The van der Waals surface area contributed by atoms with Crippen LogP contribution >= 0.6 is 11.8 Å². The van der Waals surface area contributed by atoms with Crippen LogP contribution in [-0.4, -0.2) is 67.7 Å². The molecule has 1 aliphatic heterocycles. The van der Waals surface area contributed by atoms with Crippen molar-refractivity contribution in [2.75, 3.05) is 25.0 Å². The summed E-state index contributed by atoms with van der Waals surface area (Å²) in [5.41, 5.74) is 0.855. The molecule has 0 bridgehead atoms. The summed E-state index contributed by atoms with van der Waals surface area (Å²) >= 11 is 1.30. The third-order valence-electron chi connectivity index (χ3n) is 7.66. The molecule has 0 atom stereocenters. The van der Waals surface area contributed by atoms with Gasteiger partial charge in [-0.15, -0.1) is 11.8 Å². The van der Waals surface area contributed by atoms with E-state index in [0.717, 1.165) is 75.7 Å². The largest absolute Gasteiger partial charge is 0.441 e. The van der Waals surface area contributed by atoms with Gasteiger partial charge in [0.2, 0.25) is 5.95 Å². The molecule has 4 heterocycles. The predicted octanol–water partition coefficient (Wildman–Crippen LogP) is 6.74. The summed E-state index contributed by atoms with van der Waals surface area (Å²) in [5.74, 6) is -1.99. The first-order chi connectivity index (χ1) is 22.8. The molecule has 0 radical (unpaired) electrons. The second kappa shape index (κ2) is 18.4. The Balaban J connectivity index is 0.00000160. The number of halogens is 2. The van der Waals surface area contributed by atoms with Gasteiger partial charge >= 0.3 is 5.97 Å². The number of nitrogens with one attached hydrogen (secondary N) is 1. The van der Waals surface area contributed by atoms with Crippen LogP contribution in [-0.2, 0) is 26.8 Å². The molecule has 14 heteroatoms. The molecule has 3 aromatic rings. The lowest BCUT2D eigenvalue weighted by atomic mass is 9.96. The monoisotopic (exact) mass is 670 g/mol. The summed E-state index contributed by atoms with van der Waals surface area (Å²) < 4.78 is 37.3. The number of hydrogen-bond donors (Lipinski definition) is 1. The van der Waals surface area contributed by atoms with E-state index in [1.54, 1.807) is 28.7 Å². The Morgan fingerprint density at radius 1 is 1.09 bits per heavy atom. The molecule has 11 nitrogen and oxygen atoms in total. The fraction of sp³-hybridized carbons (Fsp3) is 0.515. The molecular formula is C33H44F2N8O3S. The second-order valence-corrected chi connectivity index (χ2v) is 12.5. The molecule has 1 N–H and O–H groups in total. The minimum absolute atomic E-state index is 0.0205. The summed E-state index contributed by atoms with van der Waals surface area (Å²) in [6.45, 7) is 9.90. The van der Waals surface area contributed by atoms with E-state index in [1.165, 1.54) is 29.3 Å². The van der Waals surface area contributed by atoms with Crippen LogP contribution in [0.15, 0.2) is 46.8 Å². The van der Waals surface area contributed by atoms with Crippen LogP contribution in [0.1, 0.15) is 83.2 Å². The number of piperidine rings is 1. The first kappa shape index (κ1) is 35.9. The molecule has 0 aromatic carbocycles. The number of carbonyl (C=O) groups is 2. The highest BCUT2D eigenvalue weighted by Gasteiger charge is 2.24. The van der Waals surface area contributed by atoms with Gasteiger partial charge in [0, 0.05) is 29.1 Å². The van der Waals surface area contributed by atoms with Crippen molar-refractivity contribution in [1.82, 2.24) is 29.4 Å². The Morgan fingerprint density at radius 3 is 2.53 bits per heavy atom. The van der Waals surface area contributed by atoms with Gasteiger partial charge in [-0.1, -0.05) is 46.0 Å². The number of likely N-dealkylation sites (tertiary alicyclic amines) is 1.